The third kappa shape index (κ3) is 2.73. The van der Waals surface area contributed by atoms with Crippen LogP contribution in [0.1, 0.15) is 24.2 Å². The Balaban J connectivity index is 2.77. The molecule has 0 aliphatic heterocycles. The van der Waals surface area contributed by atoms with Gasteiger partial charge in [-0.2, -0.15) is 0 Å². The van der Waals surface area contributed by atoms with Gasteiger partial charge in [0.15, 0.2) is 0 Å². The number of carbonyl (C=O) groups excluding carboxylic acids is 1. The zero-order valence-corrected chi connectivity index (χ0v) is 8.32. The third-order valence-corrected chi connectivity index (χ3v) is 1.54. The topological polar surface area (TPSA) is 48.4 Å². The van der Waals surface area contributed by atoms with Crippen LogP contribution in [0.15, 0.2) is 18.3 Å². The lowest BCUT2D eigenvalue weighted by atomic mass is 10.3. The van der Waals surface area contributed by atoms with Crippen molar-refractivity contribution in [2.75, 3.05) is 13.2 Å². The minimum absolute atomic E-state index is 0.351. The predicted octanol–water partition coefficient (Wildman–Crippen LogP) is 1.66. The van der Waals surface area contributed by atoms with Crippen molar-refractivity contribution >= 4 is 5.97 Å². The van der Waals surface area contributed by atoms with Gasteiger partial charge in [0.25, 0.3) is 0 Å². The molecule has 1 aromatic rings. The molecular formula is C10H13NO3. The average Bonchev–Trinajstić information content (AvgIpc) is 2.19. The third-order valence-electron chi connectivity index (χ3n) is 1.54. The number of rotatable bonds is 4. The lowest BCUT2D eigenvalue weighted by Crippen LogP contribution is -2.05. The van der Waals surface area contributed by atoms with E-state index in [1.165, 1.54) is 6.20 Å². The number of carbonyl (C=O) groups is 1. The number of hydrogen-bond donors (Lipinski definition) is 0. The van der Waals surface area contributed by atoms with Crippen molar-refractivity contribution in [3.05, 3.63) is 23.9 Å². The van der Waals surface area contributed by atoms with E-state index in [2.05, 4.69) is 4.98 Å². The summed E-state index contributed by atoms with van der Waals surface area (Å²) in [5.41, 5.74) is 0.463. The van der Waals surface area contributed by atoms with Crippen LogP contribution in [0.4, 0.5) is 0 Å². The maximum absolute atomic E-state index is 11.3. The zero-order chi connectivity index (χ0) is 10.4. The molecule has 0 fully saturated rings. The first-order valence-corrected chi connectivity index (χ1v) is 4.54. The number of hydrogen-bond acceptors (Lipinski definition) is 4. The van der Waals surface area contributed by atoms with Gasteiger partial charge in [-0.1, -0.05) is 0 Å². The van der Waals surface area contributed by atoms with Crippen LogP contribution >= 0.6 is 0 Å². The van der Waals surface area contributed by atoms with Crippen LogP contribution in [0, 0.1) is 0 Å². The molecule has 0 atom stereocenters. The molecular weight excluding hydrogens is 182 g/mol. The molecule has 0 unspecified atom stereocenters. The SMILES string of the molecule is CCOC(=O)c1ccnc(OCC)c1. The molecule has 1 rings (SSSR count). The first-order valence-electron chi connectivity index (χ1n) is 4.54. The Bertz CT molecular complexity index is 312. The molecule has 4 heteroatoms. The largest absolute Gasteiger partial charge is 0.478 e. The quantitative estimate of drug-likeness (QED) is 0.685. The lowest BCUT2D eigenvalue weighted by Gasteiger charge is -2.04. The van der Waals surface area contributed by atoms with Crippen LogP contribution in [0.3, 0.4) is 0 Å². The van der Waals surface area contributed by atoms with Crippen molar-refractivity contribution in [1.29, 1.82) is 0 Å². The summed E-state index contributed by atoms with van der Waals surface area (Å²) in [7, 11) is 0. The van der Waals surface area contributed by atoms with E-state index in [1.807, 2.05) is 6.92 Å². The average molecular weight is 195 g/mol. The molecule has 0 spiro atoms. The van der Waals surface area contributed by atoms with Crippen molar-refractivity contribution < 1.29 is 14.3 Å². The number of pyridine rings is 1. The molecule has 0 radical (unpaired) electrons. The normalized spacial score (nSPS) is 9.57. The molecule has 0 saturated heterocycles. The van der Waals surface area contributed by atoms with Crippen molar-refractivity contribution in [3.63, 3.8) is 0 Å². The summed E-state index contributed by atoms with van der Waals surface area (Å²) in [5.74, 6) is 0.0916. The summed E-state index contributed by atoms with van der Waals surface area (Å²) in [6, 6.07) is 3.17. The number of nitrogens with zero attached hydrogens (tertiary/aromatic N) is 1. The first-order chi connectivity index (χ1) is 6.77. The highest BCUT2D eigenvalue weighted by atomic mass is 16.5. The molecule has 0 aromatic carbocycles. The van der Waals surface area contributed by atoms with Crippen molar-refractivity contribution in [2.24, 2.45) is 0 Å². The van der Waals surface area contributed by atoms with Gasteiger partial charge in [-0.15, -0.1) is 0 Å². The highest BCUT2D eigenvalue weighted by molar-refractivity contribution is 5.89. The molecule has 1 aromatic heterocycles. The van der Waals surface area contributed by atoms with E-state index in [1.54, 1.807) is 19.1 Å². The van der Waals surface area contributed by atoms with Crippen molar-refractivity contribution in [2.45, 2.75) is 13.8 Å². The van der Waals surface area contributed by atoms with Gasteiger partial charge in [0.1, 0.15) is 0 Å². The van der Waals surface area contributed by atoms with Gasteiger partial charge in [-0.25, -0.2) is 9.78 Å². The van der Waals surface area contributed by atoms with Crippen LogP contribution in [0.25, 0.3) is 0 Å². The summed E-state index contributed by atoms with van der Waals surface area (Å²) < 4.78 is 9.99. The monoisotopic (exact) mass is 195 g/mol. The van der Waals surface area contributed by atoms with E-state index < -0.39 is 0 Å². The standard InChI is InChI=1S/C10H13NO3/c1-3-13-9-7-8(5-6-11-9)10(12)14-4-2/h5-7H,3-4H2,1-2H3. The minimum atomic E-state index is -0.351. The van der Waals surface area contributed by atoms with Gasteiger partial charge in [-0.3, -0.25) is 0 Å². The second-order valence-electron chi connectivity index (χ2n) is 2.54. The fourth-order valence-corrected chi connectivity index (χ4v) is 0.978. The molecule has 0 N–H and O–H groups in total. The molecule has 4 nitrogen and oxygen atoms in total. The lowest BCUT2D eigenvalue weighted by molar-refractivity contribution is 0.0525. The van der Waals surface area contributed by atoms with Gasteiger partial charge in [-0.05, 0) is 19.9 Å². The smallest absolute Gasteiger partial charge is 0.338 e. The van der Waals surface area contributed by atoms with Crippen molar-refractivity contribution in [1.82, 2.24) is 4.98 Å². The van der Waals surface area contributed by atoms with Gasteiger partial charge < -0.3 is 9.47 Å². The molecule has 0 aliphatic carbocycles. The molecule has 0 amide bonds. The van der Waals surface area contributed by atoms with E-state index in [4.69, 9.17) is 9.47 Å². The fourth-order valence-electron chi connectivity index (χ4n) is 0.978. The van der Waals surface area contributed by atoms with E-state index in [0.717, 1.165) is 0 Å². The van der Waals surface area contributed by atoms with E-state index in [9.17, 15) is 4.79 Å². The van der Waals surface area contributed by atoms with E-state index in [0.29, 0.717) is 24.7 Å². The van der Waals surface area contributed by atoms with Gasteiger partial charge in [0, 0.05) is 12.3 Å². The minimum Gasteiger partial charge on any atom is -0.478 e. The Labute approximate surface area is 82.9 Å². The first kappa shape index (κ1) is 10.5. The van der Waals surface area contributed by atoms with E-state index >= 15 is 0 Å². The Morgan fingerprint density at radius 3 is 2.86 bits per heavy atom. The Morgan fingerprint density at radius 2 is 2.21 bits per heavy atom. The van der Waals surface area contributed by atoms with Crippen LogP contribution < -0.4 is 4.74 Å². The highest BCUT2D eigenvalue weighted by Crippen LogP contribution is 2.10. The summed E-state index contributed by atoms with van der Waals surface area (Å²) in [6.07, 6.45) is 1.53. The van der Waals surface area contributed by atoms with Crippen LogP contribution in [-0.4, -0.2) is 24.2 Å². The molecule has 0 bridgehead atoms. The molecule has 1 heterocycles. The second-order valence-corrected chi connectivity index (χ2v) is 2.54. The van der Waals surface area contributed by atoms with Crippen LogP contribution in [0.5, 0.6) is 5.88 Å². The number of ether oxygens (including phenoxy) is 2. The Hall–Kier alpha value is -1.58. The maximum Gasteiger partial charge on any atom is 0.338 e. The molecule has 0 saturated carbocycles. The van der Waals surface area contributed by atoms with Gasteiger partial charge >= 0.3 is 5.97 Å². The number of aromatic nitrogens is 1. The summed E-state index contributed by atoms with van der Waals surface area (Å²) in [6.45, 7) is 4.52. The van der Waals surface area contributed by atoms with Crippen molar-refractivity contribution in [3.8, 4) is 5.88 Å². The fraction of sp³-hybridized carbons (Fsp3) is 0.400. The number of esters is 1. The maximum atomic E-state index is 11.3. The van der Waals surface area contributed by atoms with Gasteiger partial charge in [0.2, 0.25) is 5.88 Å². The highest BCUT2D eigenvalue weighted by Gasteiger charge is 2.07. The Morgan fingerprint density at radius 1 is 1.43 bits per heavy atom. The molecule has 76 valence electrons. The summed E-state index contributed by atoms with van der Waals surface area (Å²) in [4.78, 5) is 15.2. The van der Waals surface area contributed by atoms with Crippen LogP contribution in [-0.2, 0) is 4.74 Å². The second kappa shape index (κ2) is 5.21. The summed E-state index contributed by atoms with van der Waals surface area (Å²) in [5, 5.41) is 0. The zero-order valence-electron chi connectivity index (χ0n) is 8.32. The Kier molecular flexibility index (Phi) is 3.91. The molecule has 14 heavy (non-hydrogen) atoms. The molecule has 0 aliphatic rings. The summed E-state index contributed by atoms with van der Waals surface area (Å²) >= 11 is 0. The van der Waals surface area contributed by atoms with Crippen LogP contribution in [0.2, 0.25) is 0 Å². The predicted molar refractivity (Wildman–Crippen MR) is 51.4 cm³/mol. The van der Waals surface area contributed by atoms with Gasteiger partial charge in [0.05, 0.1) is 18.8 Å². The van der Waals surface area contributed by atoms with E-state index in [-0.39, 0.29) is 5.97 Å².